The van der Waals surface area contributed by atoms with E-state index >= 15 is 0 Å². The number of morpholine rings is 1. The monoisotopic (exact) mass is 366 g/mol. The Labute approximate surface area is 160 Å². The predicted molar refractivity (Wildman–Crippen MR) is 105 cm³/mol. The van der Waals surface area contributed by atoms with E-state index in [4.69, 9.17) is 4.74 Å². The highest BCUT2D eigenvalue weighted by Gasteiger charge is 2.41. The van der Waals surface area contributed by atoms with Gasteiger partial charge in [-0.2, -0.15) is 0 Å². The highest BCUT2D eigenvalue weighted by molar-refractivity contribution is 6.00. The number of carbonyl (C=O) groups is 1. The largest absolute Gasteiger partial charge is 0.383 e. The van der Waals surface area contributed by atoms with Gasteiger partial charge in [-0.3, -0.25) is 4.79 Å². The van der Waals surface area contributed by atoms with Gasteiger partial charge in [0, 0.05) is 25.3 Å². The number of aryl methyl sites for hydroxylation is 1. The first-order valence-corrected chi connectivity index (χ1v) is 9.58. The molecule has 0 aromatic heterocycles. The third-order valence-corrected chi connectivity index (χ3v) is 5.67. The maximum atomic E-state index is 13.3. The Hall–Kier alpha value is -2.37. The molecule has 2 heterocycles. The summed E-state index contributed by atoms with van der Waals surface area (Å²) in [6, 6.07) is 15.6. The Morgan fingerprint density at radius 1 is 1.04 bits per heavy atom. The van der Waals surface area contributed by atoms with Crippen LogP contribution < -0.4 is 4.90 Å². The lowest BCUT2D eigenvalue weighted by Crippen LogP contribution is -2.39. The minimum Gasteiger partial charge on any atom is -0.383 e. The van der Waals surface area contributed by atoms with Crippen LogP contribution in [0.1, 0.15) is 27.9 Å². The molecular formula is C22H26N2O3. The van der Waals surface area contributed by atoms with Gasteiger partial charge in [-0.15, -0.1) is 0 Å². The van der Waals surface area contributed by atoms with Crippen molar-refractivity contribution in [3.8, 4) is 0 Å². The summed E-state index contributed by atoms with van der Waals surface area (Å²) in [5, 5.41) is 11.2. The molecule has 0 saturated carbocycles. The number of aliphatic hydroxyl groups is 1. The Morgan fingerprint density at radius 3 is 2.52 bits per heavy atom. The number of para-hydroxylation sites is 1. The van der Waals surface area contributed by atoms with Crippen LogP contribution in [-0.4, -0.2) is 55.3 Å². The summed E-state index contributed by atoms with van der Waals surface area (Å²) >= 11 is 0. The molecule has 2 aromatic rings. The molecule has 2 aromatic carbocycles. The highest BCUT2D eigenvalue weighted by atomic mass is 16.5. The zero-order chi connectivity index (χ0) is 18.9. The number of rotatable bonds is 3. The Morgan fingerprint density at radius 2 is 1.74 bits per heavy atom. The number of hydrogen-bond acceptors (Lipinski definition) is 4. The second kappa shape index (κ2) is 7.33. The lowest BCUT2D eigenvalue weighted by Gasteiger charge is -2.31. The number of ether oxygens (including phenoxy) is 1. The average Bonchev–Trinajstić information content (AvgIpc) is 3.11. The van der Waals surface area contributed by atoms with Gasteiger partial charge in [0.05, 0.1) is 25.3 Å². The molecule has 4 rings (SSSR count). The van der Waals surface area contributed by atoms with Gasteiger partial charge in [-0.1, -0.05) is 36.4 Å². The number of anilines is 1. The molecule has 1 N–H and O–H groups in total. The van der Waals surface area contributed by atoms with Crippen LogP contribution in [0.2, 0.25) is 0 Å². The van der Waals surface area contributed by atoms with Crippen molar-refractivity contribution < 1.29 is 14.6 Å². The third-order valence-electron chi connectivity index (χ3n) is 5.67. The van der Waals surface area contributed by atoms with Gasteiger partial charge in [-0.05, 0) is 36.6 Å². The van der Waals surface area contributed by atoms with Gasteiger partial charge in [-0.25, -0.2) is 0 Å². The number of hydrogen-bond donors (Lipinski definition) is 1. The first-order chi connectivity index (χ1) is 13.1. The summed E-state index contributed by atoms with van der Waals surface area (Å²) < 4.78 is 5.44. The fourth-order valence-corrected chi connectivity index (χ4v) is 4.19. The normalized spacial score (nSPS) is 22.9. The van der Waals surface area contributed by atoms with Gasteiger partial charge in [0.1, 0.15) is 5.60 Å². The minimum absolute atomic E-state index is 0.0124. The van der Waals surface area contributed by atoms with E-state index in [1.165, 1.54) is 0 Å². The van der Waals surface area contributed by atoms with E-state index in [-0.39, 0.29) is 5.91 Å². The van der Waals surface area contributed by atoms with Crippen molar-refractivity contribution in [2.45, 2.75) is 18.9 Å². The van der Waals surface area contributed by atoms with Crippen LogP contribution in [0.25, 0.3) is 0 Å². The molecule has 1 atom stereocenters. The zero-order valence-corrected chi connectivity index (χ0v) is 15.7. The fourth-order valence-electron chi connectivity index (χ4n) is 4.19. The average molecular weight is 366 g/mol. The van der Waals surface area contributed by atoms with Crippen molar-refractivity contribution in [1.82, 2.24) is 4.90 Å². The summed E-state index contributed by atoms with van der Waals surface area (Å²) in [5.41, 5.74) is 2.66. The van der Waals surface area contributed by atoms with Gasteiger partial charge < -0.3 is 19.6 Å². The molecule has 2 aliphatic rings. The molecule has 5 nitrogen and oxygen atoms in total. The zero-order valence-electron chi connectivity index (χ0n) is 15.7. The molecule has 2 aliphatic heterocycles. The fraction of sp³-hybridized carbons (Fsp3) is 0.409. The quantitative estimate of drug-likeness (QED) is 0.907. The van der Waals surface area contributed by atoms with E-state index in [1.54, 1.807) is 4.90 Å². The van der Waals surface area contributed by atoms with Crippen LogP contribution in [0, 0.1) is 6.92 Å². The van der Waals surface area contributed by atoms with Crippen LogP contribution in [0.5, 0.6) is 0 Å². The van der Waals surface area contributed by atoms with Crippen molar-refractivity contribution in [3.63, 3.8) is 0 Å². The van der Waals surface area contributed by atoms with Gasteiger partial charge in [0.15, 0.2) is 0 Å². The van der Waals surface area contributed by atoms with Gasteiger partial charge in [0.25, 0.3) is 5.91 Å². The van der Waals surface area contributed by atoms with Crippen LogP contribution in [-0.2, 0) is 10.3 Å². The van der Waals surface area contributed by atoms with Crippen molar-refractivity contribution in [2.75, 3.05) is 44.3 Å². The smallest absolute Gasteiger partial charge is 0.256 e. The maximum Gasteiger partial charge on any atom is 0.256 e. The molecule has 2 saturated heterocycles. The Kier molecular flexibility index (Phi) is 4.89. The second-order valence-electron chi connectivity index (χ2n) is 7.44. The van der Waals surface area contributed by atoms with E-state index in [2.05, 4.69) is 4.90 Å². The number of nitrogens with zero attached hydrogens (tertiary/aromatic N) is 2. The topological polar surface area (TPSA) is 53.0 Å². The molecule has 0 radical (unpaired) electrons. The Balaban J connectivity index is 1.57. The van der Waals surface area contributed by atoms with E-state index in [0.29, 0.717) is 38.3 Å². The molecule has 142 valence electrons. The summed E-state index contributed by atoms with van der Waals surface area (Å²) in [5.74, 6) is -0.0124. The maximum absolute atomic E-state index is 13.3. The molecule has 0 aliphatic carbocycles. The highest BCUT2D eigenvalue weighted by Crippen LogP contribution is 2.35. The first-order valence-electron chi connectivity index (χ1n) is 9.58. The standard InChI is InChI=1S/C22H26N2O3/c1-17-6-2-4-8-19(17)22(26)10-11-24(16-22)21(25)18-7-3-5-9-20(18)23-12-14-27-15-13-23/h2-9,26H,10-16H2,1H3/t22-/m0/s1. The summed E-state index contributed by atoms with van der Waals surface area (Å²) in [7, 11) is 0. The van der Waals surface area contributed by atoms with Crippen LogP contribution >= 0.6 is 0 Å². The van der Waals surface area contributed by atoms with Gasteiger partial charge >= 0.3 is 0 Å². The molecular weight excluding hydrogens is 340 g/mol. The molecule has 1 amide bonds. The van der Waals surface area contributed by atoms with Crippen molar-refractivity contribution >= 4 is 11.6 Å². The van der Waals surface area contributed by atoms with Crippen molar-refractivity contribution in [2.24, 2.45) is 0 Å². The first kappa shape index (κ1) is 18.0. The molecule has 0 unspecified atom stereocenters. The lowest BCUT2D eigenvalue weighted by atomic mass is 9.89. The van der Waals surface area contributed by atoms with Crippen molar-refractivity contribution in [3.05, 3.63) is 65.2 Å². The minimum atomic E-state index is -0.977. The van der Waals surface area contributed by atoms with Crippen molar-refractivity contribution in [1.29, 1.82) is 0 Å². The second-order valence-corrected chi connectivity index (χ2v) is 7.44. The van der Waals surface area contributed by atoms with Crippen LogP contribution in [0.15, 0.2) is 48.5 Å². The summed E-state index contributed by atoms with van der Waals surface area (Å²) in [6.45, 7) is 5.83. The van der Waals surface area contributed by atoms with E-state index < -0.39 is 5.60 Å². The molecule has 5 heteroatoms. The van der Waals surface area contributed by atoms with E-state index in [1.807, 2.05) is 55.5 Å². The summed E-state index contributed by atoms with van der Waals surface area (Å²) in [4.78, 5) is 17.3. The number of carbonyl (C=O) groups excluding carboxylic acids is 1. The van der Waals surface area contributed by atoms with Crippen LogP contribution in [0.4, 0.5) is 5.69 Å². The lowest BCUT2D eigenvalue weighted by molar-refractivity contribution is 0.0412. The number of likely N-dealkylation sites (tertiary alicyclic amines) is 1. The SMILES string of the molecule is Cc1ccccc1[C@]1(O)CCN(C(=O)c2ccccc2N2CCOCC2)C1. The third kappa shape index (κ3) is 3.45. The predicted octanol–water partition coefficient (Wildman–Crippen LogP) is 2.57. The van der Waals surface area contributed by atoms with E-state index in [9.17, 15) is 9.90 Å². The van der Waals surface area contributed by atoms with Gasteiger partial charge in [0.2, 0.25) is 0 Å². The number of amides is 1. The molecule has 2 fully saturated rings. The van der Waals surface area contributed by atoms with Crippen LogP contribution in [0.3, 0.4) is 0 Å². The molecule has 27 heavy (non-hydrogen) atoms. The number of benzene rings is 2. The number of β-amino-alcohol motifs (C(OH)–C–C–N with tert-alkyl or cyclic N) is 1. The summed E-state index contributed by atoms with van der Waals surface area (Å²) in [6.07, 6.45) is 0.559. The molecule has 0 spiro atoms. The molecule has 0 bridgehead atoms. The Bertz CT molecular complexity index is 832. The van der Waals surface area contributed by atoms with E-state index in [0.717, 1.165) is 29.9 Å².